The Morgan fingerprint density at radius 3 is 2.58 bits per heavy atom. The lowest BCUT2D eigenvalue weighted by Crippen LogP contribution is -2.47. The average molecular weight is 377 g/mol. The van der Waals surface area contributed by atoms with Crippen LogP contribution in [0, 0.1) is 5.92 Å². The smallest absolute Gasteiger partial charge is 0.305 e. The monoisotopic (exact) mass is 377 g/mol. The minimum Gasteiger partial charge on any atom is -0.493 e. The van der Waals surface area contributed by atoms with E-state index in [-0.39, 0.29) is 12.4 Å². The first-order chi connectivity index (χ1) is 12.5. The van der Waals surface area contributed by atoms with Gasteiger partial charge in [0.2, 0.25) is 0 Å². The molecule has 140 valence electrons. The van der Waals surface area contributed by atoms with Gasteiger partial charge in [0, 0.05) is 6.54 Å². The molecule has 26 heavy (non-hydrogen) atoms. The van der Waals surface area contributed by atoms with Gasteiger partial charge in [-0.2, -0.15) is 0 Å². The first kappa shape index (κ1) is 19.6. The van der Waals surface area contributed by atoms with Crippen LogP contribution < -0.4 is 25.6 Å². The van der Waals surface area contributed by atoms with Crippen molar-refractivity contribution in [3.63, 3.8) is 0 Å². The second-order valence-electron chi connectivity index (χ2n) is 5.89. The van der Waals surface area contributed by atoms with Crippen molar-refractivity contribution in [2.75, 3.05) is 13.7 Å². The fourth-order valence-corrected chi connectivity index (χ4v) is 2.11. The highest BCUT2D eigenvalue weighted by Gasteiger charge is 2.12. The molecule has 2 rings (SSSR count). The van der Waals surface area contributed by atoms with Gasteiger partial charge in [-0.15, -0.1) is 0 Å². The topological polar surface area (TPSA) is 84.8 Å². The molecule has 0 aliphatic rings. The molecule has 0 spiro atoms. The number of furan rings is 1. The summed E-state index contributed by atoms with van der Waals surface area (Å²) in [5.41, 5.74) is 5.11. The Balaban J connectivity index is 1.83. The van der Waals surface area contributed by atoms with Gasteiger partial charge in [0.25, 0.3) is 0 Å². The van der Waals surface area contributed by atoms with Gasteiger partial charge in [-0.3, -0.25) is 15.6 Å². The van der Waals surface area contributed by atoms with Crippen molar-refractivity contribution in [3.8, 4) is 11.5 Å². The fraction of sp³-hybridized carbons (Fsp3) is 0.333. The molecule has 2 aromatic rings. The van der Waals surface area contributed by atoms with Crippen molar-refractivity contribution in [1.29, 1.82) is 0 Å². The van der Waals surface area contributed by atoms with Crippen LogP contribution in [0.5, 0.6) is 11.5 Å². The number of carbonyl (C=O) groups is 1. The highest BCUT2D eigenvalue weighted by atomic mass is 32.1. The summed E-state index contributed by atoms with van der Waals surface area (Å²) in [5.74, 6) is 1.91. The molecular weight excluding hydrogens is 354 g/mol. The molecule has 0 radical (unpaired) electrons. The van der Waals surface area contributed by atoms with Gasteiger partial charge in [-0.05, 0) is 42.4 Å². The van der Waals surface area contributed by atoms with Gasteiger partial charge < -0.3 is 19.2 Å². The van der Waals surface area contributed by atoms with Crippen molar-refractivity contribution in [2.24, 2.45) is 5.92 Å². The standard InChI is InChI=1S/C18H23N3O4S/c1-12(2)10-19-18(26)21-20-17(22)16-9-8-13(25-16)11-24-15-7-5-4-6-14(15)23-3/h4-9,12H,10-11H2,1-3H3,(H,20,22)(H2,19,21,26). The Bertz CT molecular complexity index is 746. The molecule has 3 N–H and O–H groups in total. The highest BCUT2D eigenvalue weighted by molar-refractivity contribution is 7.80. The first-order valence-electron chi connectivity index (χ1n) is 8.18. The molecule has 1 aromatic heterocycles. The van der Waals surface area contributed by atoms with Crippen molar-refractivity contribution in [3.05, 3.63) is 47.9 Å². The second-order valence-corrected chi connectivity index (χ2v) is 6.30. The predicted octanol–water partition coefficient (Wildman–Crippen LogP) is 2.63. The maximum Gasteiger partial charge on any atom is 0.305 e. The largest absolute Gasteiger partial charge is 0.493 e. The number of amides is 1. The number of thiocarbonyl (C=S) groups is 1. The summed E-state index contributed by atoms with van der Waals surface area (Å²) >= 11 is 5.07. The predicted molar refractivity (Wildman–Crippen MR) is 102 cm³/mol. The lowest BCUT2D eigenvalue weighted by molar-refractivity contribution is 0.0911. The molecule has 0 saturated heterocycles. The Kier molecular flexibility index (Phi) is 7.28. The number of hydrogen-bond donors (Lipinski definition) is 3. The maximum absolute atomic E-state index is 12.1. The summed E-state index contributed by atoms with van der Waals surface area (Å²) in [4.78, 5) is 12.1. The van der Waals surface area contributed by atoms with Crippen LogP contribution >= 0.6 is 12.2 Å². The summed E-state index contributed by atoms with van der Waals surface area (Å²) in [6, 6.07) is 10.6. The molecule has 0 fully saturated rings. The van der Waals surface area contributed by atoms with E-state index in [1.165, 1.54) is 0 Å². The summed E-state index contributed by atoms with van der Waals surface area (Å²) in [6.07, 6.45) is 0. The van der Waals surface area contributed by atoms with E-state index >= 15 is 0 Å². The number of rotatable bonds is 7. The highest BCUT2D eigenvalue weighted by Crippen LogP contribution is 2.26. The third-order valence-corrected chi connectivity index (χ3v) is 3.53. The maximum atomic E-state index is 12.1. The van der Waals surface area contributed by atoms with Gasteiger partial charge in [-0.1, -0.05) is 26.0 Å². The van der Waals surface area contributed by atoms with Gasteiger partial charge in [0.1, 0.15) is 12.4 Å². The zero-order valence-electron chi connectivity index (χ0n) is 15.0. The van der Waals surface area contributed by atoms with E-state index in [2.05, 4.69) is 30.0 Å². The van der Waals surface area contributed by atoms with Crippen LogP contribution in [0.4, 0.5) is 0 Å². The molecule has 1 heterocycles. The molecule has 0 aliphatic carbocycles. The van der Waals surface area contributed by atoms with Gasteiger partial charge in [0.05, 0.1) is 7.11 Å². The van der Waals surface area contributed by atoms with Crippen molar-refractivity contribution in [2.45, 2.75) is 20.5 Å². The fourth-order valence-electron chi connectivity index (χ4n) is 1.98. The number of methoxy groups -OCH3 is 1. The van der Waals surface area contributed by atoms with E-state index in [9.17, 15) is 4.79 Å². The van der Waals surface area contributed by atoms with Crippen molar-refractivity contribution >= 4 is 23.2 Å². The number of nitrogens with one attached hydrogen (secondary N) is 3. The molecular formula is C18H23N3O4S. The number of hydrogen-bond acceptors (Lipinski definition) is 5. The molecule has 7 nitrogen and oxygen atoms in total. The average Bonchev–Trinajstić information content (AvgIpc) is 3.12. The Morgan fingerprint density at radius 2 is 1.88 bits per heavy atom. The van der Waals surface area contributed by atoms with Gasteiger partial charge in [-0.25, -0.2) is 0 Å². The van der Waals surface area contributed by atoms with Gasteiger partial charge in [0.15, 0.2) is 22.4 Å². The third-order valence-electron chi connectivity index (χ3n) is 3.28. The summed E-state index contributed by atoms with van der Waals surface area (Å²) in [5, 5.41) is 3.33. The van der Waals surface area contributed by atoms with Gasteiger partial charge >= 0.3 is 5.91 Å². The molecule has 0 bridgehead atoms. The van der Waals surface area contributed by atoms with E-state index in [4.69, 9.17) is 26.1 Å². The molecule has 0 saturated carbocycles. The van der Waals surface area contributed by atoms with E-state index in [1.54, 1.807) is 31.4 Å². The third kappa shape index (κ3) is 5.96. The number of ether oxygens (including phenoxy) is 2. The number of hydrazine groups is 1. The summed E-state index contributed by atoms with van der Waals surface area (Å²) in [7, 11) is 1.57. The molecule has 8 heteroatoms. The number of benzene rings is 1. The van der Waals surface area contributed by atoms with Crippen LogP contribution in [-0.4, -0.2) is 24.7 Å². The Labute approximate surface area is 158 Å². The number of para-hydroxylation sites is 2. The molecule has 0 unspecified atom stereocenters. The minimum absolute atomic E-state index is 0.155. The van der Waals surface area contributed by atoms with E-state index < -0.39 is 5.91 Å². The SMILES string of the molecule is COc1ccccc1OCc1ccc(C(=O)NNC(=S)NCC(C)C)o1. The van der Waals surface area contributed by atoms with Crippen LogP contribution in [-0.2, 0) is 6.61 Å². The number of carbonyl (C=O) groups excluding carboxylic acids is 1. The Hall–Kier alpha value is -2.74. The normalized spacial score (nSPS) is 10.3. The molecule has 0 atom stereocenters. The zero-order valence-corrected chi connectivity index (χ0v) is 15.8. The van der Waals surface area contributed by atoms with Crippen molar-refractivity contribution in [1.82, 2.24) is 16.2 Å². The second kappa shape index (κ2) is 9.67. The van der Waals surface area contributed by atoms with E-state index in [1.807, 2.05) is 12.1 Å². The van der Waals surface area contributed by atoms with Crippen LogP contribution in [0.15, 0.2) is 40.8 Å². The van der Waals surface area contributed by atoms with E-state index in [0.29, 0.717) is 34.8 Å². The lowest BCUT2D eigenvalue weighted by atomic mass is 10.2. The molecule has 1 aromatic carbocycles. The van der Waals surface area contributed by atoms with Crippen LogP contribution in [0.2, 0.25) is 0 Å². The summed E-state index contributed by atoms with van der Waals surface area (Å²) in [6.45, 7) is 5.01. The molecule has 1 amide bonds. The van der Waals surface area contributed by atoms with Crippen LogP contribution in [0.1, 0.15) is 30.2 Å². The first-order valence-corrected chi connectivity index (χ1v) is 8.59. The van der Waals surface area contributed by atoms with Crippen LogP contribution in [0.25, 0.3) is 0 Å². The zero-order chi connectivity index (χ0) is 18.9. The minimum atomic E-state index is -0.428. The molecule has 0 aliphatic heterocycles. The van der Waals surface area contributed by atoms with Crippen LogP contribution in [0.3, 0.4) is 0 Å². The lowest BCUT2D eigenvalue weighted by Gasteiger charge is -2.12. The quantitative estimate of drug-likeness (QED) is 0.505. The summed E-state index contributed by atoms with van der Waals surface area (Å²) < 4.78 is 16.4. The Morgan fingerprint density at radius 1 is 1.15 bits per heavy atom. The van der Waals surface area contributed by atoms with E-state index in [0.717, 1.165) is 0 Å². The van der Waals surface area contributed by atoms with Crippen molar-refractivity contribution < 1.29 is 18.7 Å².